The first-order valence-electron chi connectivity index (χ1n) is 8.26. The summed E-state index contributed by atoms with van der Waals surface area (Å²) in [5.74, 6) is 0.448. The molecule has 0 bridgehead atoms. The van der Waals surface area contributed by atoms with E-state index in [0.717, 1.165) is 5.69 Å². The molecule has 6 heteroatoms. The van der Waals surface area contributed by atoms with Crippen LogP contribution in [0.1, 0.15) is 6.92 Å². The van der Waals surface area contributed by atoms with E-state index in [2.05, 4.69) is 10.2 Å². The Morgan fingerprint density at radius 1 is 0.769 bits per heavy atom. The molecule has 1 atom stereocenters. The predicted molar refractivity (Wildman–Crippen MR) is 103 cm³/mol. The normalized spacial score (nSPS) is 13.4. The van der Waals surface area contributed by atoms with Gasteiger partial charge in [0.1, 0.15) is 5.75 Å². The van der Waals surface area contributed by atoms with Crippen LogP contribution in [-0.2, 0) is 9.09 Å². The van der Waals surface area contributed by atoms with E-state index in [1.54, 1.807) is 55.5 Å². The number of nitrogens with zero attached hydrogens (tertiary/aromatic N) is 2. The molecule has 0 aliphatic carbocycles. The zero-order chi connectivity index (χ0) is 18.2. The Morgan fingerprint density at radius 2 is 1.31 bits per heavy atom. The third-order valence-corrected chi connectivity index (χ3v) is 5.45. The molecule has 0 aliphatic heterocycles. The lowest BCUT2D eigenvalue weighted by molar-refractivity contribution is 0.289. The minimum Gasteiger partial charge on any atom is -0.421 e. The lowest BCUT2D eigenvalue weighted by Gasteiger charge is -2.18. The van der Waals surface area contributed by atoms with E-state index >= 15 is 0 Å². The van der Waals surface area contributed by atoms with Crippen LogP contribution >= 0.6 is 7.60 Å². The van der Waals surface area contributed by atoms with E-state index in [1.807, 2.05) is 36.4 Å². The molecule has 5 nitrogen and oxygen atoms in total. The summed E-state index contributed by atoms with van der Waals surface area (Å²) in [6.45, 7) is 2.07. The van der Waals surface area contributed by atoms with Crippen molar-refractivity contribution in [2.24, 2.45) is 10.2 Å². The van der Waals surface area contributed by atoms with Gasteiger partial charge in [-0.3, -0.25) is 4.52 Å². The lowest BCUT2D eigenvalue weighted by atomic mass is 10.3. The van der Waals surface area contributed by atoms with Crippen molar-refractivity contribution in [1.82, 2.24) is 0 Å². The van der Waals surface area contributed by atoms with E-state index in [1.165, 1.54) is 0 Å². The fourth-order valence-electron chi connectivity index (χ4n) is 2.26. The molecule has 3 aromatic rings. The number of benzene rings is 3. The van der Waals surface area contributed by atoms with Crippen LogP contribution in [0.4, 0.5) is 11.4 Å². The second-order valence-electron chi connectivity index (χ2n) is 5.37. The summed E-state index contributed by atoms with van der Waals surface area (Å²) in [6.07, 6.45) is 0. The Hall–Kier alpha value is -2.75. The average molecular weight is 366 g/mol. The van der Waals surface area contributed by atoms with Crippen molar-refractivity contribution in [3.63, 3.8) is 0 Å². The van der Waals surface area contributed by atoms with Crippen LogP contribution in [0.2, 0.25) is 0 Å². The molecule has 3 rings (SSSR count). The number of hydrogen-bond acceptors (Lipinski definition) is 5. The second-order valence-corrected chi connectivity index (χ2v) is 7.32. The Kier molecular flexibility index (Phi) is 5.95. The molecule has 0 aliphatic rings. The number of azo groups is 1. The van der Waals surface area contributed by atoms with E-state index in [9.17, 15) is 4.57 Å². The molecule has 1 unspecified atom stereocenters. The molecule has 0 heterocycles. The van der Waals surface area contributed by atoms with Crippen molar-refractivity contribution in [3.05, 3.63) is 84.9 Å². The molecular weight excluding hydrogens is 347 g/mol. The zero-order valence-electron chi connectivity index (χ0n) is 14.4. The van der Waals surface area contributed by atoms with Crippen LogP contribution in [0.25, 0.3) is 0 Å². The van der Waals surface area contributed by atoms with Gasteiger partial charge in [0.05, 0.1) is 23.3 Å². The quantitative estimate of drug-likeness (QED) is 0.378. The van der Waals surface area contributed by atoms with Crippen molar-refractivity contribution >= 4 is 24.3 Å². The highest BCUT2D eigenvalue weighted by Gasteiger charge is 2.28. The van der Waals surface area contributed by atoms with Gasteiger partial charge < -0.3 is 4.52 Å². The molecule has 0 aromatic heterocycles. The maximum atomic E-state index is 13.1. The van der Waals surface area contributed by atoms with Gasteiger partial charge in [-0.15, -0.1) is 0 Å². The number of hydrogen-bond donors (Lipinski definition) is 0. The van der Waals surface area contributed by atoms with Crippen LogP contribution in [0.15, 0.2) is 95.2 Å². The van der Waals surface area contributed by atoms with Gasteiger partial charge in [0.15, 0.2) is 0 Å². The summed E-state index contributed by atoms with van der Waals surface area (Å²) < 4.78 is 24.2. The molecule has 0 radical (unpaired) electrons. The van der Waals surface area contributed by atoms with Crippen molar-refractivity contribution in [1.29, 1.82) is 0 Å². The fourth-order valence-corrected chi connectivity index (χ4v) is 3.84. The van der Waals surface area contributed by atoms with E-state index in [4.69, 9.17) is 9.05 Å². The molecule has 0 saturated carbocycles. The molecular formula is C20H19N2O3P. The molecule has 0 amide bonds. The Labute approximate surface area is 152 Å². The van der Waals surface area contributed by atoms with E-state index in [-0.39, 0.29) is 6.61 Å². The molecule has 0 fully saturated rings. The molecule has 0 saturated heterocycles. The number of rotatable bonds is 7. The summed E-state index contributed by atoms with van der Waals surface area (Å²) in [6, 6.07) is 25.3. The van der Waals surface area contributed by atoms with Crippen LogP contribution in [0.5, 0.6) is 5.75 Å². The Morgan fingerprint density at radius 3 is 1.88 bits per heavy atom. The minimum atomic E-state index is -3.43. The fraction of sp³-hybridized carbons (Fsp3) is 0.100. The molecule has 0 spiro atoms. The van der Waals surface area contributed by atoms with Gasteiger partial charge in [0, 0.05) is 0 Å². The summed E-state index contributed by atoms with van der Waals surface area (Å²) in [5.41, 5.74) is 1.45. The summed E-state index contributed by atoms with van der Waals surface area (Å²) in [5, 5.41) is 8.86. The van der Waals surface area contributed by atoms with Crippen molar-refractivity contribution in [3.8, 4) is 5.75 Å². The van der Waals surface area contributed by atoms with E-state index in [0.29, 0.717) is 16.7 Å². The van der Waals surface area contributed by atoms with Crippen LogP contribution in [0.3, 0.4) is 0 Å². The largest absolute Gasteiger partial charge is 0.421 e. The third-order valence-electron chi connectivity index (χ3n) is 3.47. The first-order chi connectivity index (χ1) is 12.7. The first kappa shape index (κ1) is 18.1. The average Bonchev–Trinajstić information content (AvgIpc) is 2.69. The van der Waals surface area contributed by atoms with E-state index < -0.39 is 7.60 Å². The topological polar surface area (TPSA) is 60.2 Å². The molecule has 26 heavy (non-hydrogen) atoms. The van der Waals surface area contributed by atoms with Gasteiger partial charge in [-0.25, -0.2) is 4.57 Å². The zero-order valence-corrected chi connectivity index (χ0v) is 15.3. The molecule has 3 aromatic carbocycles. The summed E-state index contributed by atoms with van der Waals surface area (Å²) in [4.78, 5) is 0. The van der Waals surface area contributed by atoms with Gasteiger partial charge >= 0.3 is 7.60 Å². The van der Waals surface area contributed by atoms with Gasteiger partial charge in [0.2, 0.25) is 0 Å². The SMILES string of the molecule is CCOP(=O)(Oc1ccc(/N=N/c2ccccc2)cc1)c1ccccc1. The highest BCUT2D eigenvalue weighted by molar-refractivity contribution is 7.62. The van der Waals surface area contributed by atoms with Crippen LogP contribution < -0.4 is 9.83 Å². The van der Waals surface area contributed by atoms with Crippen molar-refractivity contribution < 1.29 is 13.6 Å². The monoisotopic (exact) mass is 366 g/mol. The highest BCUT2D eigenvalue weighted by atomic mass is 31.2. The third kappa shape index (κ3) is 4.66. The Bertz CT molecular complexity index is 897. The van der Waals surface area contributed by atoms with Gasteiger partial charge in [0.25, 0.3) is 0 Å². The lowest BCUT2D eigenvalue weighted by Crippen LogP contribution is -2.12. The Balaban J connectivity index is 1.75. The highest BCUT2D eigenvalue weighted by Crippen LogP contribution is 2.47. The van der Waals surface area contributed by atoms with Crippen LogP contribution in [-0.4, -0.2) is 6.61 Å². The predicted octanol–water partition coefficient (Wildman–Crippen LogP) is 6.04. The summed E-state index contributed by atoms with van der Waals surface area (Å²) >= 11 is 0. The van der Waals surface area contributed by atoms with Gasteiger partial charge in [-0.05, 0) is 55.5 Å². The van der Waals surface area contributed by atoms with Gasteiger partial charge in [-0.2, -0.15) is 10.2 Å². The van der Waals surface area contributed by atoms with Gasteiger partial charge in [-0.1, -0.05) is 36.4 Å². The van der Waals surface area contributed by atoms with Crippen molar-refractivity contribution in [2.45, 2.75) is 6.92 Å². The smallest absolute Gasteiger partial charge is 0.410 e. The standard InChI is InChI=1S/C20H19N2O3P/c1-2-24-26(23,20-11-7-4-8-12-20)25-19-15-13-18(14-16-19)22-21-17-9-5-3-6-10-17/h3-16H,2H2,1H3/b22-21+. The first-order valence-corrected chi connectivity index (χ1v) is 9.80. The maximum absolute atomic E-state index is 13.1. The van der Waals surface area contributed by atoms with Crippen molar-refractivity contribution in [2.75, 3.05) is 6.61 Å². The maximum Gasteiger partial charge on any atom is 0.410 e. The summed E-state index contributed by atoms with van der Waals surface area (Å²) in [7, 11) is -3.43. The van der Waals surface area contributed by atoms with Crippen LogP contribution in [0, 0.1) is 0 Å². The second kappa shape index (κ2) is 8.56. The minimum absolute atomic E-state index is 0.287. The molecule has 132 valence electrons. The molecule has 0 N–H and O–H groups in total.